The molecule has 0 saturated carbocycles. The van der Waals surface area contributed by atoms with Crippen molar-refractivity contribution in [2.24, 2.45) is 0 Å². The minimum absolute atomic E-state index is 0.000273. The number of pyridine rings is 1. The Morgan fingerprint density at radius 2 is 1.83 bits per heavy atom. The van der Waals surface area contributed by atoms with Gasteiger partial charge in [0.05, 0.1) is 25.1 Å². The molecule has 4 N–H and O–H groups in total. The number of amides is 2. The standard InChI is InChI=1S/C27H35N9O4S/c1-27(2,3)40-26(38)31-17-6-9-35(10-7-17)20-5-4-8-29-23(20)34-24(37)21-22(28)30-15-18(32-21)19-16-41-25(33-19)36-11-13-39-14-12-36/h4-5,8,15-17H,6-7,9-14H2,1-3H3,(H2,28,30)(H,31,38)(H,29,34,37). The molecule has 14 heteroatoms. The monoisotopic (exact) mass is 581 g/mol. The Balaban J connectivity index is 1.25. The van der Waals surface area contributed by atoms with Crippen LogP contribution in [0, 0.1) is 0 Å². The average Bonchev–Trinajstić information content (AvgIpc) is 3.44. The summed E-state index contributed by atoms with van der Waals surface area (Å²) in [7, 11) is 0. The summed E-state index contributed by atoms with van der Waals surface area (Å²) < 4.78 is 10.8. The molecule has 5 rings (SSSR count). The SMILES string of the molecule is CC(C)(C)OC(=O)NC1CCN(c2cccnc2NC(=O)c2nc(-c3csc(N4CCOCC4)n3)cnc2N)CC1. The van der Waals surface area contributed by atoms with Crippen molar-refractivity contribution in [1.82, 2.24) is 25.3 Å². The molecule has 0 bridgehead atoms. The molecule has 13 nitrogen and oxygen atoms in total. The number of carbonyl (C=O) groups excluding carboxylic acids is 2. The summed E-state index contributed by atoms with van der Waals surface area (Å²) >= 11 is 1.51. The molecule has 0 aromatic carbocycles. The van der Waals surface area contributed by atoms with Crippen LogP contribution in [0.4, 0.5) is 27.2 Å². The number of alkyl carbamates (subject to hydrolysis) is 1. The van der Waals surface area contributed by atoms with Crippen molar-refractivity contribution in [3.63, 3.8) is 0 Å². The first-order valence-corrected chi connectivity index (χ1v) is 14.5. The first-order chi connectivity index (χ1) is 19.7. The lowest BCUT2D eigenvalue weighted by molar-refractivity contribution is 0.0497. The molecule has 0 spiro atoms. The van der Waals surface area contributed by atoms with E-state index >= 15 is 0 Å². The van der Waals surface area contributed by atoms with Crippen LogP contribution in [0.3, 0.4) is 0 Å². The number of hydrogen-bond acceptors (Lipinski definition) is 12. The third kappa shape index (κ3) is 7.19. The maximum atomic E-state index is 13.3. The van der Waals surface area contributed by atoms with Gasteiger partial charge in [0.2, 0.25) is 0 Å². The van der Waals surface area contributed by atoms with Crippen molar-refractivity contribution in [2.45, 2.75) is 45.3 Å². The van der Waals surface area contributed by atoms with E-state index in [2.05, 4.69) is 35.4 Å². The Hall–Kier alpha value is -4.04. The number of nitrogens with one attached hydrogen (secondary N) is 2. The topological polar surface area (TPSA) is 161 Å². The Kier molecular flexibility index (Phi) is 8.49. The lowest BCUT2D eigenvalue weighted by Crippen LogP contribution is -2.46. The number of hydrogen-bond donors (Lipinski definition) is 3. The van der Waals surface area contributed by atoms with E-state index < -0.39 is 17.6 Å². The van der Waals surface area contributed by atoms with Crippen molar-refractivity contribution in [2.75, 3.05) is 60.2 Å². The number of piperidine rings is 1. The van der Waals surface area contributed by atoms with Gasteiger partial charge in [0.25, 0.3) is 5.91 Å². The van der Waals surface area contributed by atoms with E-state index in [1.807, 2.05) is 38.3 Å². The molecule has 3 aromatic rings. The van der Waals surface area contributed by atoms with E-state index in [0.717, 1.165) is 36.8 Å². The Bertz CT molecular complexity index is 1380. The highest BCUT2D eigenvalue weighted by molar-refractivity contribution is 7.14. The molecule has 218 valence electrons. The van der Waals surface area contributed by atoms with Crippen LogP contribution in [-0.4, -0.2) is 83.0 Å². The molecule has 5 heterocycles. The van der Waals surface area contributed by atoms with Crippen molar-refractivity contribution in [1.29, 1.82) is 0 Å². The maximum absolute atomic E-state index is 13.3. The van der Waals surface area contributed by atoms with E-state index in [1.165, 1.54) is 17.5 Å². The summed E-state index contributed by atoms with van der Waals surface area (Å²) in [6, 6.07) is 3.72. The first kappa shape index (κ1) is 28.5. The molecule has 2 amide bonds. The average molecular weight is 582 g/mol. The van der Waals surface area contributed by atoms with Crippen LogP contribution in [-0.2, 0) is 9.47 Å². The third-order valence-corrected chi connectivity index (χ3v) is 7.53. The second kappa shape index (κ2) is 12.2. The van der Waals surface area contributed by atoms with Gasteiger partial charge in [0.15, 0.2) is 22.5 Å². The normalized spacial score (nSPS) is 16.4. The van der Waals surface area contributed by atoms with Crippen molar-refractivity contribution in [3.05, 3.63) is 35.6 Å². The number of thiazole rings is 1. The summed E-state index contributed by atoms with van der Waals surface area (Å²) in [5.74, 6) is -0.103. The Morgan fingerprint density at radius 3 is 2.56 bits per heavy atom. The van der Waals surface area contributed by atoms with Gasteiger partial charge in [-0.15, -0.1) is 11.3 Å². The van der Waals surface area contributed by atoms with Crippen LogP contribution < -0.4 is 26.2 Å². The number of anilines is 4. The van der Waals surface area contributed by atoms with Gasteiger partial charge in [0, 0.05) is 43.8 Å². The maximum Gasteiger partial charge on any atom is 0.407 e. The van der Waals surface area contributed by atoms with E-state index in [-0.39, 0.29) is 17.6 Å². The molecule has 0 radical (unpaired) electrons. The zero-order valence-electron chi connectivity index (χ0n) is 23.4. The van der Waals surface area contributed by atoms with Crippen LogP contribution in [0.5, 0.6) is 0 Å². The van der Waals surface area contributed by atoms with Gasteiger partial charge >= 0.3 is 6.09 Å². The van der Waals surface area contributed by atoms with Gasteiger partial charge in [-0.25, -0.2) is 24.7 Å². The molecule has 3 aromatic heterocycles. The fourth-order valence-electron chi connectivity index (χ4n) is 4.62. The highest BCUT2D eigenvalue weighted by atomic mass is 32.1. The largest absolute Gasteiger partial charge is 0.444 e. The third-order valence-electron chi connectivity index (χ3n) is 6.63. The fraction of sp³-hybridized carbons (Fsp3) is 0.481. The predicted molar refractivity (Wildman–Crippen MR) is 157 cm³/mol. The highest BCUT2D eigenvalue weighted by Gasteiger charge is 2.26. The van der Waals surface area contributed by atoms with Crippen LogP contribution in [0.1, 0.15) is 44.1 Å². The van der Waals surface area contributed by atoms with Gasteiger partial charge in [0.1, 0.15) is 17.0 Å². The van der Waals surface area contributed by atoms with Crippen LogP contribution in [0.15, 0.2) is 29.9 Å². The number of morpholine rings is 1. The summed E-state index contributed by atoms with van der Waals surface area (Å²) in [4.78, 5) is 47.6. The van der Waals surface area contributed by atoms with Gasteiger partial charge in [-0.2, -0.15) is 0 Å². The lowest BCUT2D eigenvalue weighted by atomic mass is 10.0. The zero-order valence-corrected chi connectivity index (χ0v) is 24.2. The molecule has 2 aliphatic rings. The van der Waals surface area contributed by atoms with E-state index in [4.69, 9.17) is 20.2 Å². The number of nitrogens with two attached hydrogens (primary N) is 1. The smallest absolute Gasteiger partial charge is 0.407 e. The van der Waals surface area contributed by atoms with Gasteiger partial charge in [-0.05, 0) is 45.7 Å². The highest BCUT2D eigenvalue weighted by Crippen LogP contribution is 2.29. The molecular weight excluding hydrogens is 546 g/mol. The first-order valence-electron chi connectivity index (χ1n) is 13.6. The molecule has 2 aliphatic heterocycles. The van der Waals surface area contributed by atoms with E-state index in [1.54, 1.807) is 6.20 Å². The second-order valence-corrected chi connectivity index (χ2v) is 11.7. The quantitative estimate of drug-likeness (QED) is 0.392. The number of nitrogens with zero attached hydrogens (tertiary/aromatic N) is 6. The van der Waals surface area contributed by atoms with Crippen molar-refractivity contribution in [3.8, 4) is 11.4 Å². The van der Waals surface area contributed by atoms with Crippen LogP contribution in [0.2, 0.25) is 0 Å². The number of carbonyl (C=O) groups is 2. The molecule has 2 fully saturated rings. The predicted octanol–water partition coefficient (Wildman–Crippen LogP) is 3.16. The minimum atomic E-state index is -0.549. The van der Waals surface area contributed by atoms with Gasteiger partial charge < -0.3 is 35.6 Å². The summed E-state index contributed by atoms with van der Waals surface area (Å²) in [6.45, 7) is 9.73. The molecule has 0 aliphatic carbocycles. The van der Waals surface area contributed by atoms with Crippen LogP contribution in [0.25, 0.3) is 11.4 Å². The molecule has 41 heavy (non-hydrogen) atoms. The van der Waals surface area contributed by atoms with E-state index in [9.17, 15) is 9.59 Å². The van der Waals surface area contributed by atoms with Gasteiger partial charge in [-0.1, -0.05) is 0 Å². The summed E-state index contributed by atoms with van der Waals surface area (Å²) in [5.41, 5.74) is 7.38. The number of aromatic nitrogens is 4. The Morgan fingerprint density at radius 1 is 1.07 bits per heavy atom. The lowest BCUT2D eigenvalue weighted by Gasteiger charge is -2.34. The Labute approximate surface area is 242 Å². The van der Waals surface area contributed by atoms with Gasteiger partial charge in [-0.3, -0.25) is 4.79 Å². The number of ether oxygens (including phenoxy) is 2. The second-order valence-electron chi connectivity index (χ2n) is 10.8. The van der Waals surface area contributed by atoms with Crippen LogP contribution >= 0.6 is 11.3 Å². The minimum Gasteiger partial charge on any atom is -0.444 e. The van der Waals surface area contributed by atoms with Crippen molar-refractivity contribution < 1.29 is 19.1 Å². The van der Waals surface area contributed by atoms with Crippen molar-refractivity contribution >= 4 is 45.8 Å². The van der Waals surface area contributed by atoms with E-state index in [0.29, 0.717) is 43.5 Å². The molecule has 2 saturated heterocycles. The molecule has 0 unspecified atom stereocenters. The number of nitrogen functional groups attached to an aromatic ring is 1. The fourth-order valence-corrected chi connectivity index (χ4v) is 5.50. The summed E-state index contributed by atoms with van der Waals surface area (Å²) in [5, 5.41) is 8.58. The molecule has 0 atom stereocenters. The number of rotatable bonds is 6. The molecular formula is C27H35N9O4S. The zero-order chi connectivity index (χ0) is 29.0. The summed E-state index contributed by atoms with van der Waals surface area (Å²) in [6.07, 6.45) is 4.17.